The van der Waals surface area contributed by atoms with Crippen LogP contribution in [0, 0.1) is 5.92 Å². The minimum Gasteiger partial charge on any atom is -0.357 e. The van der Waals surface area contributed by atoms with Crippen LogP contribution in [0.15, 0.2) is 23.5 Å². The highest BCUT2D eigenvalue weighted by molar-refractivity contribution is 5.80. The Balaban J connectivity index is 1.66. The zero-order valence-corrected chi connectivity index (χ0v) is 18.2. The van der Waals surface area contributed by atoms with Gasteiger partial charge in [-0.25, -0.2) is 9.97 Å². The van der Waals surface area contributed by atoms with Crippen molar-refractivity contribution in [3.05, 3.63) is 18.5 Å². The Morgan fingerprint density at radius 1 is 1.11 bits per heavy atom. The van der Waals surface area contributed by atoms with Crippen molar-refractivity contribution >= 4 is 11.9 Å². The fourth-order valence-corrected chi connectivity index (χ4v) is 3.32. The molecule has 2 rings (SSSR count). The number of anilines is 1. The molecule has 1 atom stereocenters. The van der Waals surface area contributed by atoms with Crippen LogP contribution in [0.2, 0.25) is 0 Å². The van der Waals surface area contributed by atoms with Gasteiger partial charge >= 0.3 is 0 Å². The van der Waals surface area contributed by atoms with Gasteiger partial charge in [-0.3, -0.25) is 9.89 Å². The fourth-order valence-electron chi connectivity index (χ4n) is 3.32. The van der Waals surface area contributed by atoms with E-state index >= 15 is 0 Å². The third-order valence-electron chi connectivity index (χ3n) is 5.01. The number of piperazine rings is 1. The van der Waals surface area contributed by atoms with Crippen molar-refractivity contribution in [1.29, 1.82) is 0 Å². The molecule has 0 aromatic carbocycles. The lowest BCUT2D eigenvalue weighted by atomic mass is 10.0. The molecule has 0 radical (unpaired) electrons. The van der Waals surface area contributed by atoms with Gasteiger partial charge in [0.2, 0.25) is 5.95 Å². The van der Waals surface area contributed by atoms with E-state index in [1.54, 1.807) is 0 Å². The van der Waals surface area contributed by atoms with Gasteiger partial charge in [-0.1, -0.05) is 13.8 Å². The van der Waals surface area contributed by atoms with E-state index in [1.807, 2.05) is 18.5 Å². The van der Waals surface area contributed by atoms with E-state index in [1.165, 1.54) is 12.8 Å². The molecule has 1 aromatic rings. The van der Waals surface area contributed by atoms with Crippen molar-refractivity contribution in [2.24, 2.45) is 10.9 Å². The molecule has 7 heteroatoms. The third-order valence-corrected chi connectivity index (χ3v) is 5.01. The third kappa shape index (κ3) is 8.42. The predicted molar refractivity (Wildman–Crippen MR) is 118 cm³/mol. The summed E-state index contributed by atoms with van der Waals surface area (Å²) in [5.41, 5.74) is 0. The quantitative estimate of drug-likeness (QED) is 0.364. The zero-order valence-electron chi connectivity index (χ0n) is 18.2. The van der Waals surface area contributed by atoms with Gasteiger partial charge in [0.25, 0.3) is 0 Å². The Kier molecular flexibility index (Phi) is 10.0. The summed E-state index contributed by atoms with van der Waals surface area (Å²) in [4.78, 5) is 18.2. The highest BCUT2D eigenvalue weighted by Gasteiger charge is 2.18. The molecule has 1 saturated heterocycles. The highest BCUT2D eigenvalue weighted by atomic mass is 15.3. The lowest BCUT2D eigenvalue weighted by Gasteiger charge is -2.34. The predicted octanol–water partition coefficient (Wildman–Crippen LogP) is 2.37. The summed E-state index contributed by atoms with van der Waals surface area (Å²) in [6.07, 6.45) is 7.13. The van der Waals surface area contributed by atoms with E-state index in [9.17, 15) is 0 Å². The van der Waals surface area contributed by atoms with E-state index in [4.69, 9.17) is 4.99 Å². The van der Waals surface area contributed by atoms with Crippen molar-refractivity contribution in [2.45, 2.75) is 53.0 Å². The van der Waals surface area contributed by atoms with Crippen molar-refractivity contribution < 1.29 is 0 Å². The number of nitrogens with zero attached hydrogens (tertiary/aromatic N) is 5. The Morgan fingerprint density at radius 2 is 1.82 bits per heavy atom. The minimum atomic E-state index is 0.452. The Bertz CT molecular complexity index is 553. The van der Waals surface area contributed by atoms with Gasteiger partial charge in [-0.2, -0.15) is 0 Å². The maximum Gasteiger partial charge on any atom is 0.225 e. The molecule has 0 spiro atoms. The molecule has 1 aromatic heterocycles. The van der Waals surface area contributed by atoms with Crippen molar-refractivity contribution in [1.82, 2.24) is 25.5 Å². The molecule has 0 bridgehead atoms. The summed E-state index contributed by atoms with van der Waals surface area (Å²) in [7, 11) is 0. The maximum absolute atomic E-state index is 4.76. The van der Waals surface area contributed by atoms with Crippen LogP contribution in [-0.2, 0) is 0 Å². The van der Waals surface area contributed by atoms with Gasteiger partial charge in [0.05, 0.1) is 0 Å². The smallest absolute Gasteiger partial charge is 0.225 e. The van der Waals surface area contributed by atoms with Crippen molar-refractivity contribution in [3.8, 4) is 0 Å². The van der Waals surface area contributed by atoms with Crippen LogP contribution in [0.1, 0.15) is 47.0 Å². The van der Waals surface area contributed by atoms with E-state index < -0.39 is 0 Å². The van der Waals surface area contributed by atoms with Crippen molar-refractivity contribution in [3.63, 3.8) is 0 Å². The fraction of sp³-hybridized carbons (Fsp3) is 0.762. The average molecular weight is 390 g/mol. The lowest BCUT2D eigenvalue weighted by Crippen LogP contribution is -2.47. The van der Waals surface area contributed by atoms with Gasteiger partial charge < -0.3 is 15.5 Å². The van der Waals surface area contributed by atoms with Crippen LogP contribution < -0.4 is 15.5 Å². The number of hydrogen-bond acceptors (Lipinski definition) is 5. The van der Waals surface area contributed by atoms with E-state index in [-0.39, 0.29) is 0 Å². The number of rotatable bonds is 10. The number of aliphatic imine (C=N–C) groups is 1. The molecule has 1 aliphatic heterocycles. The second kappa shape index (κ2) is 12.5. The van der Waals surface area contributed by atoms with Crippen molar-refractivity contribution in [2.75, 3.05) is 50.7 Å². The summed E-state index contributed by atoms with van der Waals surface area (Å²) >= 11 is 0. The molecule has 2 N–H and O–H groups in total. The molecular weight excluding hydrogens is 350 g/mol. The first-order chi connectivity index (χ1) is 13.6. The first kappa shape index (κ1) is 22.4. The number of hydrogen-bond donors (Lipinski definition) is 2. The second-order valence-electron chi connectivity index (χ2n) is 8.01. The minimum absolute atomic E-state index is 0.452. The van der Waals surface area contributed by atoms with Crippen LogP contribution in [0.5, 0.6) is 0 Å². The molecule has 0 amide bonds. The zero-order chi connectivity index (χ0) is 20.2. The summed E-state index contributed by atoms with van der Waals surface area (Å²) in [6, 6.07) is 2.32. The van der Waals surface area contributed by atoms with Crippen LogP contribution in [-0.4, -0.2) is 72.7 Å². The molecule has 0 saturated carbocycles. The molecule has 7 nitrogen and oxygen atoms in total. The normalized spacial score (nSPS) is 17.0. The Hall–Kier alpha value is -1.89. The molecule has 28 heavy (non-hydrogen) atoms. The Labute approximate surface area is 171 Å². The molecule has 1 fully saturated rings. The SMILES string of the molecule is CCNC(=NCCCN1CCN(c2ncccn2)CC1)NC(C)CCC(C)C. The second-order valence-corrected chi connectivity index (χ2v) is 8.01. The van der Waals surface area contributed by atoms with Crippen LogP contribution in [0.4, 0.5) is 5.95 Å². The first-order valence-corrected chi connectivity index (χ1v) is 10.9. The molecule has 2 heterocycles. The van der Waals surface area contributed by atoms with E-state index in [0.717, 1.165) is 70.1 Å². The first-order valence-electron chi connectivity index (χ1n) is 10.9. The molecule has 1 unspecified atom stereocenters. The van der Waals surface area contributed by atoms with Crippen LogP contribution in [0.25, 0.3) is 0 Å². The van der Waals surface area contributed by atoms with E-state index in [2.05, 4.69) is 58.1 Å². The lowest BCUT2D eigenvalue weighted by molar-refractivity contribution is 0.255. The number of guanidine groups is 1. The molecule has 158 valence electrons. The molecule has 0 aliphatic carbocycles. The van der Waals surface area contributed by atoms with Gasteiger partial charge in [-0.15, -0.1) is 0 Å². The summed E-state index contributed by atoms with van der Waals surface area (Å²) in [6.45, 7) is 15.9. The Morgan fingerprint density at radius 3 is 2.46 bits per heavy atom. The summed E-state index contributed by atoms with van der Waals surface area (Å²) in [5.74, 6) is 2.54. The monoisotopic (exact) mass is 389 g/mol. The highest BCUT2D eigenvalue weighted by Crippen LogP contribution is 2.10. The standard InChI is InChI=1S/C21H39N7/c1-5-22-20(26-19(4)9-8-18(2)3)23-12-7-13-27-14-16-28(17-15-27)21-24-10-6-11-25-21/h6,10-11,18-19H,5,7-9,12-17H2,1-4H3,(H2,22,23,26). The van der Waals surface area contributed by atoms with Gasteiger partial charge in [-0.05, 0) is 45.1 Å². The number of nitrogens with one attached hydrogen (secondary N) is 2. The topological polar surface area (TPSA) is 68.7 Å². The average Bonchev–Trinajstić information content (AvgIpc) is 2.71. The van der Waals surface area contributed by atoms with Gasteiger partial charge in [0, 0.05) is 64.2 Å². The maximum atomic E-state index is 4.76. The van der Waals surface area contributed by atoms with Crippen LogP contribution >= 0.6 is 0 Å². The number of aromatic nitrogens is 2. The van der Waals surface area contributed by atoms with Gasteiger partial charge in [0.1, 0.15) is 0 Å². The largest absolute Gasteiger partial charge is 0.357 e. The molecular formula is C21H39N7. The molecule has 1 aliphatic rings. The summed E-state index contributed by atoms with van der Waals surface area (Å²) < 4.78 is 0. The van der Waals surface area contributed by atoms with E-state index in [0.29, 0.717) is 6.04 Å². The van der Waals surface area contributed by atoms with Crippen LogP contribution in [0.3, 0.4) is 0 Å². The summed E-state index contributed by atoms with van der Waals surface area (Å²) in [5, 5.41) is 6.91. The van der Waals surface area contributed by atoms with Gasteiger partial charge in [0.15, 0.2) is 5.96 Å².